The van der Waals surface area contributed by atoms with Crippen molar-refractivity contribution in [2.45, 2.75) is 99.5 Å². The average molecular weight is 441 g/mol. The highest BCUT2D eigenvalue weighted by Crippen LogP contribution is 2.37. The van der Waals surface area contributed by atoms with Gasteiger partial charge in [-0.15, -0.1) is 0 Å². The molecular weight excluding hydrogens is 396 g/mol. The Morgan fingerprint density at radius 1 is 0.750 bits per heavy atom. The lowest BCUT2D eigenvalue weighted by Gasteiger charge is -2.19. The number of allylic oxidation sites excluding steroid dienone is 6. The van der Waals surface area contributed by atoms with E-state index in [0.717, 1.165) is 32.1 Å². The van der Waals surface area contributed by atoms with E-state index in [-0.39, 0.29) is 11.5 Å². The summed E-state index contributed by atoms with van der Waals surface area (Å²) in [7, 11) is 0. The average Bonchev–Trinajstić information content (AvgIpc) is 2.70. The van der Waals surface area contributed by atoms with Crippen LogP contribution in [0.1, 0.15) is 95.4 Å². The van der Waals surface area contributed by atoms with Crippen LogP contribution < -0.4 is 0 Å². The monoisotopic (exact) mass is 440 g/mol. The number of hydrogen-bond donors (Lipinski definition) is 3. The number of rotatable bonds is 11. The molecule has 3 nitrogen and oxygen atoms in total. The van der Waals surface area contributed by atoms with Crippen LogP contribution in [0, 0.1) is 20.8 Å². The summed E-state index contributed by atoms with van der Waals surface area (Å²) in [5, 5.41) is 31.5. The van der Waals surface area contributed by atoms with Gasteiger partial charge in [0.15, 0.2) is 0 Å². The molecule has 1 atom stereocenters. The normalized spacial score (nSPS) is 14.7. The van der Waals surface area contributed by atoms with Crippen LogP contribution in [0.2, 0.25) is 0 Å². The van der Waals surface area contributed by atoms with E-state index in [9.17, 15) is 15.3 Å². The fourth-order valence-corrected chi connectivity index (χ4v) is 3.64. The highest BCUT2D eigenvalue weighted by molar-refractivity contribution is 5.69. The van der Waals surface area contributed by atoms with Crippen LogP contribution in [-0.2, 0) is 0 Å². The number of phenols is 2. The van der Waals surface area contributed by atoms with E-state index in [1.165, 1.54) is 16.7 Å². The van der Waals surface area contributed by atoms with Gasteiger partial charge >= 0.3 is 0 Å². The van der Waals surface area contributed by atoms with Crippen LogP contribution in [-0.4, -0.2) is 20.9 Å². The predicted octanol–water partition coefficient (Wildman–Crippen LogP) is 7.99. The Labute approximate surface area is 195 Å². The van der Waals surface area contributed by atoms with Crippen molar-refractivity contribution in [3.8, 4) is 11.5 Å². The number of benzene rings is 1. The maximum absolute atomic E-state index is 10.8. The molecule has 0 fully saturated rings. The molecule has 178 valence electrons. The summed E-state index contributed by atoms with van der Waals surface area (Å²) in [6, 6.07) is 0. The highest BCUT2D eigenvalue weighted by Gasteiger charge is 2.18. The van der Waals surface area contributed by atoms with Gasteiger partial charge in [-0.1, -0.05) is 47.1 Å². The van der Waals surface area contributed by atoms with E-state index in [0.29, 0.717) is 28.7 Å². The van der Waals surface area contributed by atoms with Gasteiger partial charge in [0.2, 0.25) is 0 Å². The summed E-state index contributed by atoms with van der Waals surface area (Å²) in [5.41, 5.74) is 5.69. The minimum atomic E-state index is -0.995. The van der Waals surface area contributed by atoms with E-state index in [1.54, 1.807) is 39.8 Å². The van der Waals surface area contributed by atoms with Crippen molar-refractivity contribution in [2.24, 2.45) is 0 Å². The molecule has 1 aromatic carbocycles. The van der Waals surface area contributed by atoms with E-state index in [4.69, 9.17) is 0 Å². The van der Waals surface area contributed by atoms with Gasteiger partial charge in [0.1, 0.15) is 11.5 Å². The SMILES string of the molecule is CC(C)=CCCC(C)=CCCC(C)=CCC[C@@](C)(O)/C=C/c1c(C)c(O)c(C)c(C)c1O. The summed E-state index contributed by atoms with van der Waals surface area (Å²) < 4.78 is 0. The first-order valence-corrected chi connectivity index (χ1v) is 11.7. The zero-order valence-electron chi connectivity index (χ0n) is 21.5. The lowest BCUT2D eigenvalue weighted by Crippen LogP contribution is -2.20. The minimum Gasteiger partial charge on any atom is -0.507 e. The quantitative estimate of drug-likeness (QED) is 0.241. The molecule has 0 amide bonds. The van der Waals surface area contributed by atoms with E-state index in [1.807, 2.05) is 0 Å². The topological polar surface area (TPSA) is 60.7 Å². The second-order valence-corrected chi connectivity index (χ2v) is 9.67. The Hall–Kier alpha value is -2.26. The van der Waals surface area contributed by atoms with Crippen LogP contribution in [0.5, 0.6) is 11.5 Å². The summed E-state index contributed by atoms with van der Waals surface area (Å²) in [5.74, 6) is 0.351. The van der Waals surface area contributed by atoms with Crippen LogP contribution in [0.4, 0.5) is 0 Å². The lowest BCUT2D eigenvalue weighted by molar-refractivity contribution is 0.104. The summed E-state index contributed by atoms with van der Waals surface area (Å²) in [6.07, 6.45) is 16.0. The third-order valence-electron chi connectivity index (χ3n) is 6.16. The molecule has 0 aliphatic heterocycles. The Morgan fingerprint density at radius 2 is 1.25 bits per heavy atom. The second-order valence-electron chi connectivity index (χ2n) is 9.67. The van der Waals surface area contributed by atoms with Crippen LogP contribution >= 0.6 is 0 Å². The zero-order chi connectivity index (χ0) is 24.5. The second kappa shape index (κ2) is 12.7. The van der Waals surface area contributed by atoms with Crippen molar-refractivity contribution >= 4 is 6.08 Å². The smallest absolute Gasteiger partial charge is 0.126 e. The molecule has 1 rings (SSSR count). The summed E-state index contributed by atoms with van der Waals surface area (Å²) in [6.45, 7) is 15.8. The number of phenolic OH excluding ortho intramolecular Hbond substituents is 2. The molecule has 0 heterocycles. The standard InChI is InChI=1S/C29H44O3/c1-20(2)12-9-13-21(3)14-10-15-22(4)16-11-18-29(8,32)19-17-26-25(7)27(30)23(5)24(6)28(26)31/h12,14,16-17,19,30-32H,9-11,13,15,18H2,1-8H3/b19-17+,21-14?,22-16?/t29-/m1/s1. The Balaban J connectivity index is 2.63. The first-order valence-electron chi connectivity index (χ1n) is 11.7. The number of aliphatic hydroxyl groups is 1. The Morgan fingerprint density at radius 3 is 1.81 bits per heavy atom. The summed E-state index contributed by atoms with van der Waals surface area (Å²) >= 11 is 0. The van der Waals surface area contributed by atoms with E-state index >= 15 is 0 Å². The van der Waals surface area contributed by atoms with Crippen molar-refractivity contribution < 1.29 is 15.3 Å². The molecule has 0 saturated carbocycles. The fraction of sp³-hybridized carbons (Fsp3) is 0.517. The molecule has 0 bridgehead atoms. The predicted molar refractivity (Wildman–Crippen MR) is 138 cm³/mol. The molecule has 0 aromatic heterocycles. The van der Waals surface area contributed by atoms with Gasteiger partial charge in [0.05, 0.1) is 5.60 Å². The van der Waals surface area contributed by atoms with Gasteiger partial charge in [0.25, 0.3) is 0 Å². The van der Waals surface area contributed by atoms with Crippen molar-refractivity contribution in [2.75, 3.05) is 0 Å². The molecule has 3 heteroatoms. The first-order chi connectivity index (χ1) is 14.9. The molecule has 0 unspecified atom stereocenters. The summed E-state index contributed by atoms with van der Waals surface area (Å²) in [4.78, 5) is 0. The molecule has 32 heavy (non-hydrogen) atoms. The van der Waals surface area contributed by atoms with Crippen molar-refractivity contribution in [1.29, 1.82) is 0 Å². The molecule has 3 N–H and O–H groups in total. The molecule has 0 radical (unpaired) electrons. The van der Waals surface area contributed by atoms with Gasteiger partial charge in [-0.25, -0.2) is 0 Å². The Bertz CT molecular complexity index is 862. The fourth-order valence-electron chi connectivity index (χ4n) is 3.64. The largest absolute Gasteiger partial charge is 0.507 e. The van der Waals surface area contributed by atoms with Crippen molar-refractivity contribution in [3.05, 3.63) is 63.3 Å². The molecule has 0 saturated heterocycles. The minimum absolute atomic E-state index is 0.157. The van der Waals surface area contributed by atoms with E-state index < -0.39 is 5.60 Å². The van der Waals surface area contributed by atoms with Gasteiger partial charge in [-0.2, -0.15) is 0 Å². The van der Waals surface area contributed by atoms with Gasteiger partial charge < -0.3 is 15.3 Å². The highest BCUT2D eigenvalue weighted by atomic mass is 16.3. The zero-order valence-corrected chi connectivity index (χ0v) is 21.5. The Kier molecular flexibility index (Phi) is 11.0. The van der Waals surface area contributed by atoms with Gasteiger partial charge in [-0.05, 0) is 105 Å². The maximum atomic E-state index is 10.8. The number of hydrogen-bond acceptors (Lipinski definition) is 3. The lowest BCUT2D eigenvalue weighted by atomic mass is 9.93. The molecular formula is C29H44O3. The third kappa shape index (κ3) is 9.08. The van der Waals surface area contributed by atoms with Crippen LogP contribution in [0.15, 0.2) is 41.0 Å². The van der Waals surface area contributed by atoms with Crippen molar-refractivity contribution in [3.63, 3.8) is 0 Å². The van der Waals surface area contributed by atoms with E-state index in [2.05, 4.69) is 45.9 Å². The van der Waals surface area contributed by atoms with Gasteiger partial charge in [-0.3, -0.25) is 0 Å². The first kappa shape index (κ1) is 27.8. The van der Waals surface area contributed by atoms with Crippen molar-refractivity contribution in [1.82, 2.24) is 0 Å². The molecule has 1 aromatic rings. The van der Waals surface area contributed by atoms with Gasteiger partial charge in [0, 0.05) is 11.1 Å². The maximum Gasteiger partial charge on any atom is 0.126 e. The van der Waals surface area contributed by atoms with Crippen LogP contribution in [0.3, 0.4) is 0 Å². The third-order valence-corrected chi connectivity index (χ3v) is 6.16. The number of aromatic hydroxyl groups is 2. The van der Waals surface area contributed by atoms with Crippen LogP contribution in [0.25, 0.3) is 6.08 Å². The molecule has 0 aliphatic carbocycles. The molecule has 0 aliphatic rings. The molecule has 0 spiro atoms.